The Morgan fingerprint density at radius 1 is 1.07 bits per heavy atom. The summed E-state index contributed by atoms with van der Waals surface area (Å²) in [5.41, 5.74) is -0.297. The summed E-state index contributed by atoms with van der Waals surface area (Å²) in [6, 6.07) is 9.38. The van der Waals surface area contributed by atoms with Crippen molar-refractivity contribution < 1.29 is 23.1 Å². The second-order valence-electron chi connectivity index (χ2n) is 10.1. The van der Waals surface area contributed by atoms with Crippen LogP contribution in [0.15, 0.2) is 52.3 Å². The fourth-order valence-electron chi connectivity index (χ4n) is 4.88. The van der Waals surface area contributed by atoms with Crippen molar-refractivity contribution in [3.8, 4) is 5.75 Å². The zero-order valence-electron chi connectivity index (χ0n) is 21.6. The number of fused-ring (bicyclic) bond motifs is 1. The second-order valence-corrected chi connectivity index (χ2v) is 12.8. The molecule has 214 valence electrons. The fraction of sp³-hybridized carbons (Fsp3) is 0.407. The summed E-state index contributed by atoms with van der Waals surface area (Å²) < 4.78 is 32.8. The first-order valence-electron chi connectivity index (χ1n) is 13.1. The van der Waals surface area contributed by atoms with Crippen LogP contribution >= 0.6 is 23.2 Å². The van der Waals surface area contributed by atoms with Crippen molar-refractivity contribution in [1.29, 1.82) is 0 Å². The first kappa shape index (κ1) is 28.8. The third-order valence-electron chi connectivity index (χ3n) is 7.27. The van der Waals surface area contributed by atoms with Gasteiger partial charge in [0.15, 0.2) is 0 Å². The summed E-state index contributed by atoms with van der Waals surface area (Å²) in [7, 11) is -3.68. The van der Waals surface area contributed by atoms with Gasteiger partial charge in [-0.2, -0.15) is 4.31 Å². The molecular formula is C27H30Cl2N4O6S. The van der Waals surface area contributed by atoms with Gasteiger partial charge in [0.25, 0.3) is 11.5 Å². The number of nitrogens with zero attached hydrogens (tertiary/aromatic N) is 2. The van der Waals surface area contributed by atoms with Gasteiger partial charge >= 0.3 is 0 Å². The minimum absolute atomic E-state index is 0.0145. The molecule has 0 spiro atoms. The van der Waals surface area contributed by atoms with E-state index in [2.05, 4.69) is 15.2 Å². The van der Waals surface area contributed by atoms with E-state index in [1.807, 2.05) is 0 Å². The van der Waals surface area contributed by atoms with Crippen molar-refractivity contribution in [2.75, 3.05) is 39.3 Å². The fourth-order valence-corrected chi connectivity index (χ4v) is 6.72. The van der Waals surface area contributed by atoms with Gasteiger partial charge in [-0.15, -0.1) is 0 Å². The van der Waals surface area contributed by atoms with Gasteiger partial charge in [0.05, 0.1) is 26.6 Å². The first-order valence-corrected chi connectivity index (χ1v) is 15.3. The van der Waals surface area contributed by atoms with E-state index in [1.165, 1.54) is 28.7 Å². The number of aliphatic hydroxyl groups is 1. The minimum atomic E-state index is -3.68. The molecule has 13 heteroatoms. The highest BCUT2D eigenvalue weighted by Crippen LogP contribution is 2.28. The zero-order valence-corrected chi connectivity index (χ0v) is 23.9. The molecule has 0 aliphatic carbocycles. The third-order valence-corrected chi connectivity index (χ3v) is 9.90. The van der Waals surface area contributed by atoms with Crippen molar-refractivity contribution >= 4 is 49.9 Å². The number of piperidine rings is 1. The third kappa shape index (κ3) is 6.29. The SMILES string of the molecule is O=C(NCC(O)CN1CCC(Oc2ccc(Cl)c(Cl)c2)CC1)c1c[nH]c(=O)c2cc(S(=O)(=O)N3CCC3)ccc12. The number of aromatic nitrogens is 1. The van der Waals surface area contributed by atoms with Crippen molar-refractivity contribution in [1.82, 2.24) is 19.5 Å². The maximum atomic E-state index is 13.0. The number of rotatable bonds is 9. The van der Waals surface area contributed by atoms with Gasteiger partial charge in [-0.25, -0.2) is 8.42 Å². The van der Waals surface area contributed by atoms with Crippen LogP contribution in [-0.4, -0.2) is 85.1 Å². The van der Waals surface area contributed by atoms with Crippen LogP contribution in [0.25, 0.3) is 10.8 Å². The number of β-amino-alcohol motifs (C(OH)–C–C–N with tert-alkyl or cyclic N) is 1. The van der Waals surface area contributed by atoms with E-state index in [4.69, 9.17) is 27.9 Å². The number of benzene rings is 2. The number of ether oxygens (including phenoxy) is 1. The number of likely N-dealkylation sites (tertiary alicyclic amines) is 1. The van der Waals surface area contributed by atoms with Crippen molar-refractivity contribution in [2.45, 2.75) is 36.4 Å². The van der Waals surface area contributed by atoms with E-state index in [0.29, 0.717) is 40.8 Å². The predicted molar refractivity (Wildman–Crippen MR) is 153 cm³/mol. The van der Waals surface area contributed by atoms with E-state index < -0.39 is 27.6 Å². The average Bonchev–Trinajstić information content (AvgIpc) is 2.89. The number of aromatic amines is 1. The highest BCUT2D eigenvalue weighted by Gasteiger charge is 2.30. The summed E-state index contributed by atoms with van der Waals surface area (Å²) in [6.07, 6.45) is 2.88. The van der Waals surface area contributed by atoms with Crippen LogP contribution in [0, 0.1) is 0 Å². The lowest BCUT2D eigenvalue weighted by molar-refractivity contribution is 0.0594. The Kier molecular flexibility index (Phi) is 8.69. The topological polar surface area (TPSA) is 132 Å². The number of pyridine rings is 1. The molecule has 5 rings (SSSR count). The molecular weight excluding hydrogens is 579 g/mol. The molecule has 2 aliphatic rings. The zero-order chi connectivity index (χ0) is 28.4. The normalized spacial score (nSPS) is 17.9. The lowest BCUT2D eigenvalue weighted by Gasteiger charge is -2.33. The number of halogens is 2. The van der Waals surface area contributed by atoms with Gasteiger partial charge in [-0.05, 0) is 43.5 Å². The molecule has 1 atom stereocenters. The predicted octanol–water partition coefficient (Wildman–Crippen LogP) is 2.86. The first-order chi connectivity index (χ1) is 19.1. The van der Waals surface area contributed by atoms with E-state index in [-0.39, 0.29) is 28.5 Å². The number of amides is 1. The van der Waals surface area contributed by atoms with Crippen molar-refractivity contribution in [3.05, 3.63) is 68.6 Å². The van der Waals surface area contributed by atoms with Crippen LogP contribution in [0.4, 0.5) is 0 Å². The number of carbonyl (C=O) groups excluding carboxylic acids is 1. The van der Waals surface area contributed by atoms with Gasteiger partial charge in [-0.3, -0.25) is 9.59 Å². The summed E-state index contributed by atoms with van der Waals surface area (Å²) in [5.74, 6) is 0.187. The molecule has 3 heterocycles. The van der Waals surface area contributed by atoms with Gasteiger partial charge in [0, 0.05) is 62.3 Å². The van der Waals surface area contributed by atoms with Crippen LogP contribution in [-0.2, 0) is 10.0 Å². The molecule has 0 bridgehead atoms. The Bertz CT molecular complexity index is 1570. The van der Waals surface area contributed by atoms with E-state index in [1.54, 1.807) is 18.2 Å². The molecule has 0 saturated carbocycles. The Hall–Kier alpha value is -2.67. The molecule has 1 aromatic heterocycles. The molecule has 1 amide bonds. The van der Waals surface area contributed by atoms with Crippen LogP contribution in [0.1, 0.15) is 29.6 Å². The van der Waals surface area contributed by atoms with Crippen LogP contribution in [0.3, 0.4) is 0 Å². The van der Waals surface area contributed by atoms with Crippen LogP contribution in [0.5, 0.6) is 5.75 Å². The Balaban J connectivity index is 1.15. The molecule has 2 saturated heterocycles. The molecule has 2 aliphatic heterocycles. The summed E-state index contributed by atoms with van der Waals surface area (Å²) in [5, 5.41) is 14.7. The number of nitrogens with one attached hydrogen (secondary N) is 2. The lowest BCUT2D eigenvalue weighted by Crippen LogP contribution is -2.45. The van der Waals surface area contributed by atoms with Gasteiger partial charge in [0.1, 0.15) is 11.9 Å². The molecule has 10 nitrogen and oxygen atoms in total. The standard InChI is InChI=1S/C27H30Cl2N4O6S/c28-24-5-2-19(12-25(24)29)39-18-6-10-32(11-7-18)16-17(34)14-30-27(36)23-15-31-26(35)22-13-20(3-4-21(22)23)40(37,38)33-8-1-9-33/h2-5,12-13,15,17-18,34H,1,6-11,14,16H2,(H,30,36)(H,31,35). The number of carbonyl (C=O) groups is 1. The highest BCUT2D eigenvalue weighted by molar-refractivity contribution is 7.89. The Morgan fingerprint density at radius 3 is 2.50 bits per heavy atom. The molecule has 1 unspecified atom stereocenters. The molecule has 0 radical (unpaired) electrons. The Labute approximate surface area is 241 Å². The second kappa shape index (κ2) is 12.1. The Morgan fingerprint density at radius 2 is 1.82 bits per heavy atom. The average molecular weight is 610 g/mol. The maximum Gasteiger partial charge on any atom is 0.255 e. The lowest BCUT2D eigenvalue weighted by atomic mass is 10.1. The summed E-state index contributed by atoms with van der Waals surface area (Å²) in [4.78, 5) is 30.1. The molecule has 40 heavy (non-hydrogen) atoms. The number of sulfonamides is 1. The largest absolute Gasteiger partial charge is 0.490 e. The van der Waals surface area contributed by atoms with Crippen molar-refractivity contribution in [2.24, 2.45) is 0 Å². The molecule has 2 fully saturated rings. The minimum Gasteiger partial charge on any atom is -0.490 e. The maximum absolute atomic E-state index is 13.0. The van der Waals surface area contributed by atoms with Gasteiger partial charge in [-0.1, -0.05) is 29.3 Å². The van der Waals surface area contributed by atoms with Crippen LogP contribution in [0.2, 0.25) is 10.0 Å². The monoisotopic (exact) mass is 608 g/mol. The summed E-state index contributed by atoms with van der Waals surface area (Å²) >= 11 is 12.0. The number of H-pyrrole nitrogens is 1. The quantitative estimate of drug-likeness (QED) is 0.340. The summed E-state index contributed by atoms with van der Waals surface area (Å²) in [6.45, 7) is 2.75. The molecule has 3 N–H and O–H groups in total. The van der Waals surface area contributed by atoms with Gasteiger partial charge < -0.3 is 25.0 Å². The smallest absolute Gasteiger partial charge is 0.255 e. The number of hydrogen-bond donors (Lipinski definition) is 3. The van der Waals surface area contributed by atoms with Gasteiger partial charge in [0.2, 0.25) is 10.0 Å². The number of aliphatic hydroxyl groups excluding tert-OH is 1. The van der Waals surface area contributed by atoms with E-state index in [9.17, 15) is 23.1 Å². The number of hydrogen-bond acceptors (Lipinski definition) is 7. The molecule has 3 aromatic rings. The highest BCUT2D eigenvalue weighted by atomic mass is 35.5. The van der Waals surface area contributed by atoms with E-state index >= 15 is 0 Å². The van der Waals surface area contributed by atoms with E-state index in [0.717, 1.165) is 32.4 Å². The van der Waals surface area contributed by atoms with Crippen molar-refractivity contribution in [3.63, 3.8) is 0 Å². The van der Waals surface area contributed by atoms with Crippen LogP contribution < -0.4 is 15.6 Å². The molecule has 2 aromatic carbocycles.